The molecule has 0 atom stereocenters. The highest BCUT2D eigenvalue weighted by Gasteiger charge is 2.09. The van der Waals surface area contributed by atoms with Crippen LogP contribution in [0.25, 0.3) is 0 Å². The minimum Gasteiger partial charge on any atom is -0.482 e. The lowest BCUT2D eigenvalue weighted by molar-refractivity contribution is -0.123. The van der Waals surface area contributed by atoms with Gasteiger partial charge in [-0.15, -0.1) is 0 Å². The van der Waals surface area contributed by atoms with Crippen molar-refractivity contribution in [3.05, 3.63) is 56.5 Å². The molecule has 0 spiro atoms. The summed E-state index contributed by atoms with van der Waals surface area (Å²) in [5, 5.41) is 8.03. The lowest BCUT2D eigenvalue weighted by atomic mass is 10.2. The SMILES string of the molecule is C/C(CC(=O)Nc1cc(Cl)ccc1Cl)=N/NC(=O)COc1ccc(Cl)cc1Cl. The number of rotatable bonds is 7. The molecule has 0 bridgehead atoms. The molecule has 0 aliphatic heterocycles. The van der Waals surface area contributed by atoms with E-state index in [0.29, 0.717) is 32.2 Å². The number of amides is 2. The minimum absolute atomic E-state index is 0.0486. The second kappa shape index (κ2) is 10.5. The summed E-state index contributed by atoms with van der Waals surface area (Å²) in [6.07, 6.45) is -0.0486. The second-order valence-corrected chi connectivity index (χ2v) is 7.28. The molecule has 2 aromatic rings. The Morgan fingerprint density at radius 1 is 0.964 bits per heavy atom. The van der Waals surface area contributed by atoms with Crippen LogP contribution in [0.2, 0.25) is 20.1 Å². The van der Waals surface area contributed by atoms with E-state index in [2.05, 4.69) is 15.8 Å². The Kier molecular flexibility index (Phi) is 8.38. The van der Waals surface area contributed by atoms with Gasteiger partial charge in [0.2, 0.25) is 5.91 Å². The third-order valence-electron chi connectivity index (χ3n) is 3.24. The van der Waals surface area contributed by atoms with Crippen molar-refractivity contribution in [2.75, 3.05) is 11.9 Å². The number of halogens is 4. The Morgan fingerprint density at radius 3 is 2.36 bits per heavy atom. The van der Waals surface area contributed by atoms with Crippen LogP contribution >= 0.6 is 46.4 Å². The molecule has 0 aliphatic rings. The summed E-state index contributed by atoms with van der Waals surface area (Å²) in [6.45, 7) is 1.29. The number of hydrazone groups is 1. The van der Waals surface area contributed by atoms with E-state index >= 15 is 0 Å². The largest absolute Gasteiger partial charge is 0.482 e. The van der Waals surface area contributed by atoms with Crippen LogP contribution in [0, 0.1) is 0 Å². The molecule has 2 rings (SSSR count). The molecular formula is C18H15Cl4N3O3. The van der Waals surface area contributed by atoms with Crippen molar-refractivity contribution >= 4 is 69.6 Å². The summed E-state index contributed by atoms with van der Waals surface area (Å²) in [7, 11) is 0. The molecule has 0 aromatic heterocycles. The van der Waals surface area contributed by atoms with Gasteiger partial charge >= 0.3 is 0 Å². The number of nitrogens with one attached hydrogen (secondary N) is 2. The molecule has 6 nitrogen and oxygen atoms in total. The summed E-state index contributed by atoms with van der Waals surface area (Å²) >= 11 is 23.6. The van der Waals surface area contributed by atoms with Crippen molar-refractivity contribution in [1.82, 2.24) is 5.43 Å². The van der Waals surface area contributed by atoms with Gasteiger partial charge in [0.1, 0.15) is 5.75 Å². The van der Waals surface area contributed by atoms with Gasteiger partial charge in [0.05, 0.1) is 22.2 Å². The highest BCUT2D eigenvalue weighted by molar-refractivity contribution is 6.36. The number of hydrogen-bond donors (Lipinski definition) is 2. The first-order valence-corrected chi connectivity index (χ1v) is 9.40. The van der Waals surface area contributed by atoms with E-state index in [4.69, 9.17) is 51.1 Å². The van der Waals surface area contributed by atoms with Gasteiger partial charge in [0, 0.05) is 15.8 Å². The Bertz CT molecular complexity index is 919. The van der Waals surface area contributed by atoms with E-state index in [1.807, 2.05) is 0 Å². The van der Waals surface area contributed by atoms with Crippen molar-refractivity contribution in [2.24, 2.45) is 5.10 Å². The van der Waals surface area contributed by atoms with Gasteiger partial charge in [-0.25, -0.2) is 5.43 Å². The highest BCUT2D eigenvalue weighted by atomic mass is 35.5. The van der Waals surface area contributed by atoms with Crippen molar-refractivity contribution < 1.29 is 14.3 Å². The van der Waals surface area contributed by atoms with Crippen LogP contribution in [-0.4, -0.2) is 24.1 Å². The zero-order chi connectivity index (χ0) is 20.7. The second-order valence-electron chi connectivity index (χ2n) is 5.59. The monoisotopic (exact) mass is 461 g/mol. The van der Waals surface area contributed by atoms with Gasteiger partial charge in [-0.05, 0) is 43.3 Å². The molecule has 0 radical (unpaired) electrons. The zero-order valence-corrected chi connectivity index (χ0v) is 17.6. The number of benzene rings is 2. The standard InChI is InChI=1S/C18H15Cl4N3O3/c1-10(6-17(26)23-15-8-12(20)2-4-13(15)21)24-25-18(27)9-28-16-5-3-11(19)7-14(16)22/h2-5,7-8H,6,9H2,1H3,(H,23,26)(H,25,27)/b24-10-. The van der Waals surface area contributed by atoms with Crippen LogP contribution in [-0.2, 0) is 9.59 Å². The van der Waals surface area contributed by atoms with E-state index in [1.165, 1.54) is 12.1 Å². The number of carbonyl (C=O) groups excluding carboxylic acids is 2. The molecule has 28 heavy (non-hydrogen) atoms. The topological polar surface area (TPSA) is 79.8 Å². The van der Waals surface area contributed by atoms with E-state index in [1.54, 1.807) is 31.2 Å². The maximum atomic E-state index is 12.1. The van der Waals surface area contributed by atoms with Gasteiger partial charge in [-0.3, -0.25) is 9.59 Å². The Hall–Kier alpha value is -1.99. The maximum Gasteiger partial charge on any atom is 0.277 e. The average molecular weight is 463 g/mol. The quantitative estimate of drug-likeness (QED) is 0.438. The molecule has 2 amide bonds. The van der Waals surface area contributed by atoms with Crippen molar-refractivity contribution in [1.29, 1.82) is 0 Å². The molecule has 0 unspecified atom stereocenters. The van der Waals surface area contributed by atoms with Crippen LogP contribution in [0.5, 0.6) is 5.75 Å². The summed E-state index contributed by atoms with van der Waals surface area (Å²) in [5.74, 6) is -0.549. The van der Waals surface area contributed by atoms with E-state index in [0.717, 1.165) is 0 Å². The average Bonchev–Trinajstić information content (AvgIpc) is 2.62. The van der Waals surface area contributed by atoms with E-state index in [-0.39, 0.29) is 24.0 Å². The predicted octanol–water partition coefficient (Wildman–Crippen LogP) is 5.20. The first-order valence-electron chi connectivity index (χ1n) is 7.89. The Balaban J connectivity index is 1.81. The molecule has 0 saturated heterocycles. The maximum absolute atomic E-state index is 12.1. The summed E-state index contributed by atoms with van der Waals surface area (Å²) in [5.41, 5.74) is 3.08. The number of ether oxygens (including phenoxy) is 1. The predicted molar refractivity (Wildman–Crippen MR) is 113 cm³/mol. The summed E-state index contributed by atoms with van der Waals surface area (Å²) < 4.78 is 5.29. The van der Waals surface area contributed by atoms with Gasteiger partial charge in [0.25, 0.3) is 5.91 Å². The molecule has 0 fully saturated rings. The first-order chi connectivity index (χ1) is 13.2. The lowest BCUT2D eigenvalue weighted by Gasteiger charge is -2.08. The fourth-order valence-electron chi connectivity index (χ4n) is 1.99. The molecule has 0 aliphatic carbocycles. The zero-order valence-electron chi connectivity index (χ0n) is 14.6. The molecule has 0 heterocycles. The van der Waals surface area contributed by atoms with Gasteiger partial charge in [0.15, 0.2) is 6.61 Å². The molecule has 2 N–H and O–H groups in total. The smallest absolute Gasteiger partial charge is 0.277 e. The molecular weight excluding hydrogens is 448 g/mol. The Morgan fingerprint density at radius 2 is 1.64 bits per heavy atom. The number of carbonyl (C=O) groups is 2. The van der Waals surface area contributed by atoms with Crippen LogP contribution in [0.1, 0.15) is 13.3 Å². The van der Waals surface area contributed by atoms with E-state index in [9.17, 15) is 9.59 Å². The van der Waals surface area contributed by atoms with Crippen LogP contribution in [0.15, 0.2) is 41.5 Å². The molecule has 148 valence electrons. The lowest BCUT2D eigenvalue weighted by Crippen LogP contribution is -2.26. The fourth-order valence-corrected chi connectivity index (χ4v) is 2.79. The third-order valence-corrected chi connectivity index (χ3v) is 4.34. The van der Waals surface area contributed by atoms with Crippen molar-refractivity contribution in [3.63, 3.8) is 0 Å². The van der Waals surface area contributed by atoms with Crippen molar-refractivity contribution in [2.45, 2.75) is 13.3 Å². The van der Waals surface area contributed by atoms with Gasteiger partial charge in [-0.2, -0.15) is 5.10 Å². The number of hydrogen-bond acceptors (Lipinski definition) is 4. The minimum atomic E-state index is -0.510. The third kappa shape index (κ3) is 7.20. The van der Waals surface area contributed by atoms with E-state index < -0.39 is 5.91 Å². The molecule has 0 saturated carbocycles. The van der Waals surface area contributed by atoms with Crippen LogP contribution in [0.4, 0.5) is 5.69 Å². The van der Waals surface area contributed by atoms with Gasteiger partial charge < -0.3 is 10.1 Å². The van der Waals surface area contributed by atoms with Gasteiger partial charge in [-0.1, -0.05) is 46.4 Å². The fraction of sp³-hybridized carbons (Fsp3) is 0.167. The van der Waals surface area contributed by atoms with Crippen molar-refractivity contribution in [3.8, 4) is 5.75 Å². The molecule has 10 heteroatoms. The normalized spacial score (nSPS) is 11.1. The highest BCUT2D eigenvalue weighted by Crippen LogP contribution is 2.27. The van der Waals surface area contributed by atoms with Crippen LogP contribution < -0.4 is 15.5 Å². The summed E-state index contributed by atoms with van der Waals surface area (Å²) in [6, 6.07) is 9.37. The number of nitrogens with zero attached hydrogens (tertiary/aromatic N) is 1. The number of anilines is 1. The molecule has 2 aromatic carbocycles. The summed E-state index contributed by atoms with van der Waals surface area (Å²) in [4.78, 5) is 23.9. The van der Waals surface area contributed by atoms with Crippen LogP contribution in [0.3, 0.4) is 0 Å². The first kappa shape index (κ1) is 22.3. The Labute approximate surface area is 181 Å².